The van der Waals surface area contributed by atoms with Gasteiger partial charge >= 0.3 is 12.7 Å². The molecule has 0 aliphatic carbocycles. The zero-order valence-electron chi connectivity index (χ0n) is 54.1. The SMILES string of the molecule is CCC(=O)N[C@H](C(=O)N[C@@H](Cc1ccc(C#Cc2cnc(N3C[C@@H]4CC[C@@H](C3)N4C3COC3)nc2)cc1)[C@@H](O)CN(Cc1c(F)cc(-c2ccn(C(F)F)n2)cc1F)NC(=O)CCC(NCC(=O)C(C)(C)F)(NCC(=O)C(C)(C)F)NCC(=O)C(C)(C)F)C(C)(C)C(F)(F)F. The number of halogens is 10. The van der Waals surface area contributed by atoms with Gasteiger partial charge in [-0.3, -0.25) is 55.0 Å². The molecule has 0 unspecified atom stereocenters. The first-order valence-electron chi connectivity index (χ1n) is 30.9. The average molecular weight is 1350 g/mol. The molecule has 4 aromatic rings. The van der Waals surface area contributed by atoms with Crippen molar-refractivity contribution in [2.24, 2.45) is 5.41 Å². The number of hydrazine groups is 1. The van der Waals surface area contributed by atoms with E-state index in [1.807, 2.05) is 0 Å². The Balaban J connectivity index is 1.20. The van der Waals surface area contributed by atoms with Crippen LogP contribution in [0.2, 0.25) is 0 Å². The molecule has 5 atom stereocenters. The molecule has 7 N–H and O–H groups in total. The van der Waals surface area contributed by atoms with E-state index in [1.54, 1.807) is 24.5 Å². The topological polar surface area (TPSA) is 257 Å². The highest BCUT2D eigenvalue weighted by Gasteiger charge is 2.56. The molecule has 3 fully saturated rings. The van der Waals surface area contributed by atoms with Crippen molar-refractivity contribution in [3.8, 4) is 23.1 Å². The van der Waals surface area contributed by atoms with Gasteiger partial charge in [0.25, 0.3) is 0 Å². The summed E-state index contributed by atoms with van der Waals surface area (Å²) in [5.41, 5.74) is -8.26. The molecule has 31 heteroatoms. The number of aliphatic hydroxyl groups excluding tert-OH is 1. The summed E-state index contributed by atoms with van der Waals surface area (Å²) in [7, 11) is 0. The molecule has 95 heavy (non-hydrogen) atoms. The number of piperazine rings is 1. The minimum atomic E-state index is -5.13. The fraction of sp³-hybridized carbons (Fsp3) is 0.578. The zero-order chi connectivity index (χ0) is 70.2. The fourth-order valence-corrected chi connectivity index (χ4v) is 10.8. The Kier molecular flexibility index (Phi) is 24.2. The maximum atomic E-state index is 16.4. The van der Waals surface area contributed by atoms with Crippen LogP contribution >= 0.6 is 0 Å². The van der Waals surface area contributed by atoms with Crippen molar-refractivity contribution in [3.05, 3.63) is 94.9 Å². The van der Waals surface area contributed by atoms with E-state index in [0.717, 1.165) is 110 Å². The number of anilines is 1. The van der Waals surface area contributed by atoms with E-state index >= 15 is 8.78 Å². The quantitative estimate of drug-likeness (QED) is 0.0128. The summed E-state index contributed by atoms with van der Waals surface area (Å²) in [5, 5.41) is 29.1. The van der Waals surface area contributed by atoms with Crippen molar-refractivity contribution in [2.45, 2.75) is 179 Å². The van der Waals surface area contributed by atoms with Crippen LogP contribution in [0, 0.1) is 28.9 Å². The summed E-state index contributed by atoms with van der Waals surface area (Å²) < 4.78 is 155. The Morgan fingerprint density at radius 3 is 1.72 bits per heavy atom. The smallest absolute Gasteiger partial charge is 0.390 e. The predicted molar refractivity (Wildman–Crippen MR) is 328 cm³/mol. The number of carbonyl (C=O) groups is 6. The van der Waals surface area contributed by atoms with E-state index in [0.29, 0.717) is 54.6 Å². The highest BCUT2D eigenvalue weighted by molar-refractivity contribution is 5.90. The molecule has 520 valence electrons. The summed E-state index contributed by atoms with van der Waals surface area (Å²) in [6, 6.07) is 5.85. The van der Waals surface area contributed by atoms with Gasteiger partial charge in [0, 0.05) is 92.8 Å². The number of ketones is 3. The maximum absolute atomic E-state index is 16.4. The molecular formula is C64H81F10N13O8. The average Bonchev–Trinajstić information content (AvgIpc) is 1.75. The number of hydrogen-bond donors (Lipinski definition) is 7. The van der Waals surface area contributed by atoms with Crippen molar-refractivity contribution in [1.82, 2.24) is 61.7 Å². The van der Waals surface area contributed by atoms with Gasteiger partial charge in [-0.2, -0.15) is 27.1 Å². The minimum absolute atomic E-state index is 0.224. The number of benzene rings is 2. The highest BCUT2D eigenvalue weighted by atomic mass is 19.4. The molecule has 0 spiro atoms. The van der Waals surface area contributed by atoms with Gasteiger partial charge in [0.1, 0.15) is 23.5 Å². The number of aromatic nitrogens is 4. The molecule has 3 aliphatic rings. The molecular weight excluding hydrogens is 1270 g/mol. The summed E-state index contributed by atoms with van der Waals surface area (Å²) in [6.07, 6.45) is -3.29. The van der Waals surface area contributed by atoms with E-state index in [1.165, 1.54) is 19.1 Å². The molecule has 2 bridgehead atoms. The van der Waals surface area contributed by atoms with Crippen molar-refractivity contribution in [1.29, 1.82) is 0 Å². The second-order valence-corrected chi connectivity index (χ2v) is 26.1. The Morgan fingerprint density at radius 1 is 0.726 bits per heavy atom. The first-order chi connectivity index (χ1) is 44.3. The summed E-state index contributed by atoms with van der Waals surface area (Å²) in [5.74, 6) is -5.17. The third kappa shape index (κ3) is 19.8. The van der Waals surface area contributed by atoms with Crippen LogP contribution in [0.5, 0.6) is 0 Å². The second-order valence-electron chi connectivity index (χ2n) is 26.1. The normalized spacial score (nSPS) is 17.6. The van der Waals surface area contributed by atoms with Crippen LogP contribution < -0.4 is 36.9 Å². The number of fused-ring (bicyclic) bond motifs is 2. The van der Waals surface area contributed by atoms with Gasteiger partial charge in [0.15, 0.2) is 34.4 Å². The molecule has 21 nitrogen and oxygen atoms in total. The van der Waals surface area contributed by atoms with Crippen LogP contribution in [0.4, 0.5) is 49.9 Å². The zero-order valence-corrected chi connectivity index (χ0v) is 54.1. The number of rotatable bonds is 32. The Labute approximate surface area is 543 Å². The van der Waals surface area contributed by atoms with E-state index in [9.17, 15) is 69.0 Å². The number of amides is 3. The van der Waals surface area contributed by atoms with Gasteiger partial charge in [0.2, 0.25) is 23.7 Å². The molecule has 5 heterocycles. The van der Waals surface area contributed by atoms with Crippen LogP contribution in [0.1, 0.15) is 123 Å². The van der Waals surface area contributed by atoms with Crippen molar-refractivity contribution in [2.75, 3.05) is 57.4 Å². The first kappa shape index (κ1) is 74.9. The molecule has 2 aromatic carbocycles. The summed E-state index contributed by atoms with van der Waals surface area (Å²) in [6.45, 7) is 3.40. The molecule has 0 radical (unpaired) electrons. The van der Waals surface area contributed by atoms with Crippen LogP contribution in [0.25, 0.3) is 11.3 Å². The third-order valence-electron chi connectivity index (χ3n) is 17.0. The summed E-state index contributed by atoms with van der Waals surface area (Å²) >= 11 is 0. The number of alkyl halides is 8. The van der Waals surface area contributed by atoms with Gasteiger partial charge in [-0.05, 0) is 111 Å². The predicted octanol–water partition coefficient (Wildman–Crippen LogP) is 6.02. The second kappa shape index (κ2) is 30.7. The monoisotopic (exact) mass is 1350 g/mol. The molecule has 3 aliphatic heterocycles. The van der Waals surface area contributed by atoms with E-state index in [2.05, 4.69) is 68.7 Å². The lowest BCUT2D eigenvalue weighted by Gasteiger charge is -2.47. The summed E-state index contributed by atoms with van der Waals surface area (Å²) in [4.78, 5) is 94.5. The van der Waals surface area contributed by atoms with E-state index < -0.39 is 163 Å². The van der Waals surface area contributed by atoms with E-state index in [-0.39, 0.29) is 22.4 Å². The number of hydrogen-bond acceptors (Lipinski definition) is 17. The molecule has 7 rings (SSSR count). The molecule has 2 aromatic heterocycles. The lowest BCUT2D eigenvalue weighted by atomic mass is 9.82. The number of aliphatic hydroxyl groups is 1. The molecule has 3 saturated heterocycles. The van der Waals surface area contributed by atoms with Crippen molar-refractivity contribution >= 4 is 41.0 Å². The fourth-order valence-electron chi connectivity index (χ4n) is 10.8. The first-order valence-corrected chi connectivity index (χ1v) is 30.9. The number of nitrogens with zero attached hydrogens (tertiary/aromatic N) is 7. The van der Waals surface area contributed by atoms with Crippen LogP contribution in [0.3, 0.4) is 0 Å². The largest absolute Gasteiger partial charge is 0.396 e. The maximum Gasteiger partial charge on any atom is 0.396 e. The van der Waals surface area contributed by atoms with Crippen LogP contribution in [-0.2, 0) is 46.5 Å². The molecule has 0 saturated carbocycles. The number of nitrogens with one attached hydrogen (secondary N) is 6. The van der Waals surface area contributed by atoms with E-state index in [4.69, 9.17) is 4.74 Å². The Hall–Kier alpha value is -7.47. The lowest BCUT2D eigenvalue weighted by Crippen LogP contribution is -2.70. The van der Waals surface area contributed by atoms with Crippen molar-refractivity contribution in [3.63, 3.8) is 0 Å². The number of Topliss-reactive ketones (excluding diaryl/α,β-unsaturated/α-hetero) is 3. The van der Waals surface area contributed by atoms with Crippen LogP contribution in [0.15, 0.2) is 61.1 Å². The van der Waals surface area contributed by atoms with Crippen LogP contribution in [-0.4, -0.2) is 188 Å². The standard InChI is InChI=1S/C64H81F10N13O8/c1-10-53(92)81-55(59(2,3)64(72,73)74)56(94)80-48(23-38-14-11-37(12-15-38)13-16-39-26-75-58(76-27-39)84-31-41-17-18-42(32-84)87(41)43-35-95-36-43)49(88)34-85(33-44-45(65)24-40(25-46(44)66)47-20-22-86(82-47)57(67)68)83-54(93)19-21-63(77-28-50(89)60(4,5)69,78-29-51(90)61(6,7)70)79-30-52(91)62(8,9)71/h11-12,14-15,20,22,24-27,41-43,48-49,55,57,77-79,88H,10,17-19,21,23,28-36H2,1-9H3,(H,80,94)(H,81,92)(H,83,93)/t41-,42-,48-,49-,55+/m0/s1. The molecule has 3 amide bonds. The minimum Gasteiger partial charge on any atom is -0.390 e. The Bertz CT molecular complexity index is 3320. The number of carbonyl (C=O) groups excluding carboxylic acids is 6. The van der Waals surface area contributed by atoms with Gasteiger partial charge < -0.3 is 25.4 Å². The lowest BCUT2D eigenvalue weighted by molar-refractivity contribution is -0.221. The number of ether oxygens (including phenoxy) is 1. The highest BCUT2D eigenvalue weighted by Crippen LogP contribution is 2.41. The third-order valence-corrected chi connectivity index (χ3v) is 17.0. The van der Waals surface area contributed by atoms with Gasteiger partial charge in [-0.15, -0.1) is 0 Å². The van der Waals surface area contributed by atoms with Crippen molar-refractivity contribution < 1.29 is 82.5 Å². The van der Waals surface area contributed by atoms with Gasteiger partial charge in [-0.1, -0.05) is 30.9 Å². The van der Waals surface area contributed by atoms with Gasteiger partial charge in [0.05, 0.1) is 67.7 Å². The van der Waals surface area contributed by atoms with Gasteiger partial charge in [-0.25, -0.2) is 41.6 Å². The Morgan fingerprint density at radius 2 is 1.25 bits per heavy atom.